The fourth-order valence-electron chi connectivity index (χ4n) is 1.74. The lowest BCUT2D eigenvalue weighted by molar-refractivity contribution is -0.131. The molecule has 1 saturated heterocycles. The van der Waals surface area contributed by atoms with Gasteiger partial charge in [0, 0.05) is 40.2 Å². The Morgan fingerprint density at radius 2 is 1.81 bits per heavy atom. The summed E-state index contributed by atoms with van der Waals surface area (Å²) in [5.74, 6) is 0.152. The van der Waals surface area contributed by atoms with Gasteiger partial charge >= 0.3 is 6.03 Å². The molecule has 1 heterocycles. The molecule has 0 radical (unpaired) electrons. The highest BCUT2D eigenvalue weighted by molar-refractivity contribution is 5.78. The van der Waals surface area contributed by atoms with E-state index < -0.39 is 0 Å². The molecule has 5 heteroatoms. The summed E-state index contributed by atoms with van der Waals surface area (Å²) in [6, 6.07) is -0.147. The van der Waals surface area contributed by atoms with Crippen LogP contribution in [0.1, 0.15) is 25.7 Å². The molecule has 0 aromatic rings. The number of hydrogen-bond acceptors (Lipinski definition) is 2. The molecular formula is C11H21N3O2. The van der Waals surface area contributed by atoms with Gasteiger partial charge in [-0.25, -0.2) is 4.79 Å². The number of nitrogens with zero attached hydrogens (tertiary/aromatic N) is 2. The van der Waals surface area contributed by atoms with E-state index in [1.54, 1.807) is 14.1 Å². The molecule has 0 unspecified atom stereocenters. The number of nitrogens with one attached hydrogen (secondary N) is 1. The third-order valence-corrected chi connectivity index (χ3v) is 2.73. The quantitative estimate of drug-likeness (QED) is 0.770. The molecule has 5 nitrogen and oxygen atoms in total. The van der Waals surface area contributed by atoms with E-state index in [0.29, 0.717) is 13.0 Å². The number of carbonyl (C=O) groups is 2. The van der Waals surface area contributed by atoms with E-state index >= 15 is 0 Å². The van der Waals surface area contributed by atoms with Gasteiger partial charge in [-0.15, -0.1) is 0 Å². The predicted octanol–water partition coefficient (Wildman–Crippen LogP) is 0.660. The highest BCUT2D eigenvalue weighted by Gasteiger charge is 2.16. The highest BCUT2D eigenvalue weighted by atomic mass is 16.2. The zero-order valence-corrected chi connectivity index (χ0v) is 10.2. The molecule has 0 saturated carbocycles. The van der Waals surface area contributed by atoms with Crippen molar-refractivity contribution in [1.29, 1.82) is 0 Å². The van der Waals surface area contributed by atoms with E-state index in [4.69, 9.17) is 0 Å². The largest absolute Gasteiger partial charge is 0.343 e. The Hall–Kier alpha value is -1.26. The summed E-state index contributed by atoms with van der Waals surface area (Å²) < 4.78 is 0. The Kier molecular flexibility index (Phi) is 5.08. The van der Waals surface area contributed by atoms with Crippen LogP contribution in [0.25, 0.3) is 0 Å². The van der Waals surface area contributed by atoms with Crippen molar-refractivity contribution in [3.8, 4) is 0 Å². The van der Waals surface area contributed by atoms with Crippen molar-refractivity contribution in [1.82, 2.24) is 15.1 Å². The van der Waals surface area contributed by atoms with Crippen LogP contribution in [0.5, 0.6) is 0 Å². The Balaban J connectivity index is 2.17. The SMILES string of the molecule is CN(C)C(=O)NCCC(=O)N1CCCCC1. The molecular weight excluding hydrogens is 206 g/mol. The standard InChI is InChI=1S/C11H21N3O2/c1-13(2)11(16)12-7-6-10(15)14-8-4-3-5-9-14/h3-9H2,1-2H3,(H,12,16). The lowest BCUT2D eigenvalue weighted by Gasteiger charge is -2.26. The van der Waals surface area contributed by atoms with Gasteiger partial charge in [-0.1, -0.05) is 0 Å². The topological polar surface area (TPSA) is 52.7 Å². The summed E-state index contributed by atoms with van der Waals surface area (Å²) in [6.45, 7) is 2.17. The third kappa shape index (κ3) is 4.08. The van der Waals surface area contributed by atoms with Gasteiger partial charge in [0.25, 0.3) is 0 Å². The second kappa shape index (κ2) is 6.35. The van der Waals surface area contributed by atoms with E-state index in [1.165, 1.54) is 11.3 Å². The molecule has 0 aromatic carbocycles. The van der Waals surface area contributed by atoms with Crippen LogP contribution in [-0.2, 0) is 4.79 Å². The van der Waals surface area contributed by atoms with E-state index in [1.807, 2.05) is 4.90 Å². The fraction of sp³-hybridized carbons (Fsp3) is 0.818. The van der Waals surface area contributed by atoms with Crippen molar-refractivity contribution < 1.29 is 9.59 Å². The highest BCUT2D eigenvalue weighted by Crippen LogP contribution is 2.09. The summed E-state index contributed by atoms with van der Waals surface area (Å²) in [4.78, 5) is 26.3. The summed E-state index contributed by atoms with van der Waals surface area (Å²) in [5.41, 5.74) is 0. The molecule has 0 bridgehead atoms. The monoisotopic (exact) mass is 227 g/mol. The smallest absolute Gasteiger partial charge is 0.316 e. The van der Waals surface area contributed by atoms with Gasteiger partial charge in [-0.05, 0) is 19.3 Å². The maximum atomic E-state index is 11.7. The second-order valence-electron chi connectivity index (χ2n) is 4.32. The minimum Gasteiger partial charge on any atom is -0.343 e. The average molecular weight is 227 g/mol. The second-order valence-corrected chi connectivity index (χ2v) is 4.32. The van der Waals surface area contributed by atoms with E-state index in [0.717, 1.165) is 25.9 Å². The Morgan fingerprint density at radius 1 is 1.19 bits per heavy atom. The van der Waals surface area contributed by atoms with E-state index in [-0.39, 0.29) is 11.9 Å². The fourth-order valence-corrected chi connectivity index (χ4v) is 1.74. The van der Waals surface area contributed by atoms with Crippen molar-refractivity contribution in [3.05, 3.63) is 0 Å². The number of amides is 3. The first kappa shape index (κ1) is 12.8. The maximum Gasteiger partial charge on any atom is 0.316 e. The molecule has 1 fully saturated rings. The van der Waals surface area contributed by atoms with Crippen LogP contribution in [0, 0.1) is 0 Å². The number of hydrogen-bond donors (Lipinski definition) is 1. The molecule has 1 aliphatic heterocycles. The molecule has 1 rings (SSSR count). The zero-order valence-electron chi connectivity index (χ0n) is 10.2. The van der Waals surface area contributed by atoms with Crippen LogP contribution in [0.2, 0.25) is 0 Å². The van der Waals surface area contributed by atoms with E-state index in [9.17, 15) is 9.59 Å². The van der Waals surface area contributed by atoms with Crippen LogP contribution in [0.4, 0.5) is 4.79 Å². The predicted molar refractivity (Wildman–Crippen MR) is 62.1 cm³/mol. The van der Waals surface area contributed by atoms with Crippen LogP contribution in [0.15, 0.2) is 0 Å². The molecule has 92 valence electrons. The minimum atomic E-state index is -0.147. The average Bonchev–Trinajstić information content (AvgIpc) is 2.29. The van der Waals surface area contributed by atoms with Gasteiger partial charge in [0.2, 0.25) is 5.91 Å². The van der Waals surface area contributed by atoms with Crippen molar-refractivity contribution in [2.24, 2.45) is 0 Å². The number of likely N-dealkylation sites (tertiary alicyclic amines) is 1. The molecule has 0 spiro atoms. The van der Waals surface area contributed by atoms with Gasteiger partial charge in [0.05, 0.1) is 0 Å². The summed E-state index contributed by atoms with van der Waals surface area (Å²) in [5, 5.41) is 2.69. The van der Waals surface area contributed by atoms with Gasteiger partial charge in [-0.3, -0.25) is 4.79 Å². The third-order valence-electron chi connectivity index (χ3n) is 2.73. The first-order chi connectivity index (χ1) is 7.61. The number of rotatable bonds is 3. The van der Waals surface area contributed by atoms with Crippen molar-refractivity contribution in [2.45, 2.75) is 25.7 Å². The van der Waals surface area contributed by atoms with Crippen LogP contribution >= 0.6 is 0 Å². The normalized spacial score (nSPS) is 15.8. The Labute approximate surface area is 96.8 Å². The molecule has 0 atom stereocenters. The first-order valence-corrected chi connectivity index (χ1v) is 5.84. The zero-order chi connectivity index (χ0) is 12.0. The molecule has 1 N–H and O–H groups in total. The minimum absolute atomic E-state index is 0.147. The van der Waals surface area contributed by atoms with Crippen molar-refractivity contribution >= 4 is 11.9 Å². The Morgan fingerprint density at radius 3 is 2.38 bits per heavy atom. The molecule has 0 aliphatic carbocycles. The summed E-state index contributed by atoms with van der Waals surface area (Å²) in [7, 11) is 3.36. The van der Waals surface area contributed by atoms with Gasteiger partial charge in [0.1, 0.15) is 0 Å². The number of piperidine rings is 1. The molecule has 1 aliphatic rings. The summed E-state index contributed by atoms with van der Waals surface area (Å²) in [6.07, 6.45) is 3.84. The van der Waals surface area contributed by atoms with Gasteiger partial charge < -0.3 is 15.1 Å². The van der Waals surface area contributed by atoms with Crippen molar-refractivity contribution in [2.75, 3.05) is 33.7 Å². The van der Waals surface area contributed by atoms with Crippen LogP contribution in [-0.4, -0.2) is 55.5 Å². The first-order valence-electron chi connectivity index (χ1n) is 5.84. The van der Waals surface area contributed by atoms with Gasteiger partial charge in [0.15, 0.2) is 0 Å². The van der Waals surface area contributed by atoms with Crippen LogP contribution < -0.4 is 5.32 Å². The number of urea groups is 1. The maximum absolute atomic E-state index is 11.7. The molecule has 3 amide bonds. The molecule has 16 heavy (non-hydrogen) atoms. The van der Waals surface area contributed by atoms with Crippen LogP contribution in [0.3, 0.4) is 0 Å². The number of carbonyl (C=O) groups excluding carboxylic acids is 2. The lowest BCUT2D eigenvalue weighted by atomic mass is 10.1. The molecule has 0 aromatic heterocycles. The lowest BCUT2D eigenvalue weighted by Crippen LogP contribution is -2.39. The van der Waals surface area contributed by atoms with Crippen molar-refractivity contribution in [3.63, 3.8) is 0 Å². The van der Waals surface area contributed by atoms with E-state index in [2.05, 4.69) is 5.32 Å². The summed E-state index contributed by atoms with van der Waals surface area (Å²) >= 11 is 0. The van der Waals surface area contributed by atoms with Gasteiger partial charge in [-0.2, -0.15) is 0 Å². The Bertz CT molecular complexity index is 248.